The molecule has 3 aromatic rings. The zero-order valence-corrected chi connectivity index (χ0v) is 19.9. The molecule has 1 N–H and O–H groups in total. The average molecular weight is 523 g/mol. The first kappa shape index (κ1) is 26.5. The molecule has 0 radical (unpaired) electrons. The normalized spacial score (nSPS) is 13.8. The lowest BCUT2D eigenvalue weighted by atomic mass is 9.90. The Morgan fingerprint density at radius 1 is 0.973 bits per heavy atom. The van der Waals surface area contributed by atoms with E-state index in [4.69, 9.17) is 0 Å². The highest BCUT2D eigenvalue weighted by Gasteiger charge is 2.37. The summed E-state index contributed by atoms with van der Waals surface area (Å²) in [5.41, 5.74) is -1.26. The van der Waals surface area contributed by atoms with Gasteiger partial charge in [0.2, 0.25) is 0 Å². The third-order valence-electron chi connectivity index (χ3n) is 6.33. The lowest BCUT2D eigenvalue weighted by Gasteiger charge is -2.27. The lowest BCUT2D eigenvalue weighted by molar-refractivity contribution is -0.143. The second-order valence-electron chi connectivity index (χ2n) is 8.91. The Bertz CT molecular complexity index is 1360. The summed E-state index contributed by atoms with van der Waals surface area (Å²) in [5.74, 6) is -0.710. The number of halogens is 6. The van der Waals surface area contributed by atoms with Crippen molar-refractivity contribution in [2.75, 3.05) is 13.6 Å². The quantitative estimate of drug-likeness (QED) is 0.490. The Balaban J connectivity index is 1.82. The van der Waals surface area contributed by atoms with Gasteiger partial charge in [-0.3, -0.25) is 9.59 Å². The lowest BCUT2D eigenvalue weighted by Crippen LogP contribution is -2.38. The fourth-order valence-electron chi connectivity index (χ4n) is 4.58. The maximum atomic E-state index is 13.7. The van der Waals surface area contributed by atoms with Gasteiger partial charge in [-0.1, -0.05) is 30.3 Å². The monoisotopic (exact) mass is 523 g/mol. The van der Waals surface area contributed by atoms with Crippen molar-refractivity contribution < 1.29 is 31.1 Å². The molecule has 0 fully saturated rings. The van der Waals surface area contributed by atoms with Crippen molar-refractivity contribution in [3.8, 4) is 11.1 Å². The van der Waals surface area contributed by atoms with Crippen LogP contribution in [0.3, 0.4) is 0 Å². The van der Waals surface area contributed by atoms with E-state index in [9.17, 15) is 35.9 Å². The summed E-state index contributed by atoms with van der Waals surface area (Å²) in [6, 6.07) is 10.1. The highest BCUT2D eigenvalue weighted by Crippen LogP contribution is 2.37. The molecule has 0 aliphatic carbocycles. The molecule has 0 saturated carbocycles. The minimum atomic E-state index is -5.01. The van der Waals surface area contributed by atoms with Crippen LogP contribution < -0.4 is 10.9 Å². The summed E-state index contributed by atoms with van der Waals surface area (Å²) in [6.07, 6.45) is -9.56. The highest BCUT2D eigenvalue weighted by molar-refractivity contribution is 6.00. The van der Waals surface area contributed by atoms with Gasteiger partial charge in [0, 0.05) is 38.3 Å². The van der Waals surface area contributed by atoms with Crippen molar-refractivity contribution in [1.82, 2.24) is 14.8 Å². The van der Waals surface area contributed by atoms with Gasteiger partial charge in [-0.15, -0.1) is 0 Å². The Morgan fingerprint density at radius 3 is 2.14 bits per heavy atom. The summed E-state index contributed by atoms with van der Waals surface area (Å²) >= 11 is 0. The minimum Gasteiger partial charge on any atom is -0.336 e. The van der Waals surface area contributed by atoms with Crippen LogP contribution in [0, 0.1) is 0 Å². The molecule has 1 aromatic heterocycles. The van der Waals surface area contributed by atoms with E-state index in [-0.39, 0.29) is 22.9 Å². The summed E-state index contributed by atoms with van der Waals surface area (Å²) in [6.45, 7) is 0.381. The summed E-state index contributed by atoms with van der Waals surface area (Å²) < 4.78 is 81.0. The zero-order valence-electron chi connectivity index (χ0n) is 19.9. The largest absolute Gasteiger partial charge is 0.416 e. The number of nitrogens with one attached hydrogen (secondary N) is 1. The molecule has 1 aliphatic heterocycles. The molecule has 2 heterocycles. The van der Waals surface area contributed by atoms with Crippen LogP contribution in [0.1, 0.15) is 38.3 Å². The van der Waals surface area contributed by atoms with Gasteiger partial charge in [-0.05, 0) is 47.9 Å². The maximum Gasteiger partial charge on any atom is 0.416 e. The number of hydrogen-bond acceptors (Lipinski definition) is 3. The summed E-state index contributed by atoms with van der Waals surface area (Å²) in [7, 11) is 2.71. The second-order valence-corrected chi connectivity index (χ2v) is 8.91. The molecule has 0 spiro atoms. The van der Waals surface area contributed by atoms with Crippen LogP contribution in [0.15, 0.2) is 53.3 Å². The van der Waals surface area contributed by atoms with E-state index in [1.807, 2.05) is 0 Å². The predicted octanol–water partition coefficient (Wildman–Crippen LogP) is 5.01. The number of fused-ring (bicyclic) bond motifs is 1. The number of rotatable bonds is 4. The first-order chi connectivity index (χ1) is 17.3. The van der Waals surface area contributed by atoms with Crippen molar-refractivity contribution in [1.29, 1.82) is 0 Å². The Morgan fingerprint density at radius 2 is 1.57 bits per heavy atom. The maximum absolute atomic E-state index is 13.7. The fraction of sp³-hybridized carbons (Fsp3) is 0.308. The van der Waals surface area contributed by atoms with Crippen LogP contribution in [0.4, 0.5) is 26.3 Å². The number of aromatic nitrogens is 1. The zero-order chi connectivity index (χ0) is 27.1. The van der Waals surface area contributed by atoms with Gasteiger partial charge in [-0.25, -0.2) is 0 Å². The van der Waals surface area contributed by atoms with Crippen molar-refractivity contribution in [3.63, 3.8) is 0 Å². The number of amides is 1. The van der Waals surface area contributed by atoms with E-state index < -0.39 is 35.9 Å². The highest BCUT2D eigenvalue weighted by atomic mass is 19.4. The van der Waals surface area contributed by atoms with Crippen LogP contribution in [-0.2, 0) is 38.9 Å². The predicted molar refractivity (Wildman–Crippen MR) is 125 cm³/mol. The van der Waals surface area contributed by atoms with Crippen LogP contribution >= 0.6 is 0 Å². The molecule has 5 nitrogen and oxygen atoms in total. The SMILES string of the molecule is CN(Cc1cc(C(F)(F)F)cc(C(F)(F)F)c1)C(=O)c1c(-c2ccccc2)c2c(c(=O)n1C)CCNC2. The average Bonchev–Trinajstić information content (AvgIpc) is 2.85. The molecule has 196 valence electrons. The molecule has 37 heavy (non-hydrogen) atoms. The molecule has 11 heteroatoms. The third-order valence-corrected chi connectivity index (χ3v) is 6.33. The van der Waals surface area contributed by atoms with E-state index in [2.05, 4.69) is 5.32 Å². The first-order valence-corrected chi connectivity index (χ1v) is 11.3. The van der Waals surface area contributed by atoms with Gasteiger partial charge in [0.1, 0.15) is 5.69 Å². The molecule has 0 bridgehead atoms. The molecule has 1 amide bonds. The van der Waals surface area contributed by atoms with Crippen LogP contribution in [0.25, 0.3) is 11.1 Å². The fourth-order valence-corrected chi connectivity index (χ4v) is 4.58. The molecule has 0 saturated heterocycles. The standard InChI is InChI=1S/C26H23F6N3O2/c1-34(14-15-10-17(25(27,28)29)12-18(11-15)26(30,31)32)24(37)22-21(16-6-4-3-5-7-16)20-13-33-9-8-19(20)23(36)35(22)2/h3-7,10-12,33H,8-9,13-14H2,1-2H3. The van der Waals surface area contributed by atoms with Crippen LogP contribution in [0.2, 0.25) is 0 Å². The van der Waals surface area contributed by atoms with Gasteiger partial charge < -0.3 is 14.8 Å². The number of carbonyl (C=O) groups excluding carboxylic acids is 1. The molecule has 0 unspecified atom stereocenters. The number of nitrogens with zero attached hydrogens (tertiary/aromatic N) is 2. The van der Waals surface area contributed by atoms with E-state index >= 15 is 0 Å². The van der Waals surface area contributed by atoms with Gasteiger partial charge in [0.05, 0.1) is 11.1 Å². The number of carbonyl (C=O) groups is 1. The summed E-state index contributed by atoms with van der Waals surface area (Å²) in [5, 5.41) is 3.19. The topological polar surface area (TPSA) is 54.3 Å². The number of alkyl halides is 6. The van der Waals surface area contributed by atoms with Crippen molar-refractivity contribution in [2.24, 2.45) is 7.05 Å². The van der Waals surface area contributed by atoms with E-state index in [1.165, 1.54) is 18.7 Å². The van der Waals surface area contributed by atoms with Crippen LogP contribution in [-0.4, -0.2) is 29.0 Å². The number of hydrogen-bond donors (Lipinski definition) is 1. The van der Waals surface area contributed by atoms with Gasteiger partial charge in [-0.2, -0.15) is 26.3 Å². The Labute approximate surface area is 208 Å². The molecule has 0 atom stereocenters. The molecule has 4 rings (SSSR count). The van der Waals surface area contributed by atoms with Crippen molar-refractivity contribution in [3.05, 3.63) is 92.4 Å². The third kappa shape index (κ3) is 5.27. The van der Waals surface area contributed by atoms with Crippen molar-refractivity contribution >= 4 is 5.91 Å². The number of pyridine rings is 1. The van der Waals surface area contributed by atoms with Gasteiger partial charge >= 0.3 is 12.4 Å². The smallest absolute Gasteiger partial charge is 0.336 e. The van der Waals surface area contributed by atoms with E-state index in [0.29, 0.717) is 53.9 Å². The second kappa shape index (κ2) is 9.70. The number of benzene rings is 2. The Kier molecular flexibility index (Phi) is 6.93. The van der Waals surface area contributed by atoms with Gasteiger partial charge in [0.25, 0.3) is 11.5 Å². The molecular formula is C26H23F6N3O2. The molecule has 1 aliphatic rings. The van der Waals surface area contributed by atoms with E-state index in [0.717, 1.165) is 4.90 Å². The molecule has 2 aromatic carbocycles. The van der Waals surface area contributed by atoms with Gasteiger partial charge in [0.15, 0.2) is 0 Å². The summed E-state index contributed by atoms with van der Waals surface area (Å²) in [4.78, 5) is 27.8. The minimum absolute atomic E-state index is 0.00386. The van der Waals surface area contributed by atoms with Crippen molar-refractivity contribution in [2.45, 2.75) is 31.9 Å². The Hall–Kier alpha value is -3.60. The molecular weight excluding hydrogens is 500 g/mol. The van der Waals surface area contributed by atoms with Crippen LogP contribution in [0.5, 0.6) is 0 Å². The first-order valence-electron chi connectivity index (χ1n) is 11.3. The van der Waals surface area contributed by atoms with E-state index in [1.54, 1.807) is 30.3 Å².